The number of hydrogen-bond donors (Lipinski definition) is 1. The number of nitrogens with one attached hydrogen (secondary N) is 1. The zero-order chi connectivity index (χ0) is 18.7. The highest BCUT2D eigenvalue weighted by molar-refractivity contribution is 7.99. The Morgan fingerprint density at radius 1 is 1.23 bits per heavy atom. The zero-order valence-corrected chi connectivity index (χ0v) is 15.7. The predicted molar refractivity (Wildman–Crippen MR) is 102 cm³/mol. The number of thioether (sulfide) groups is 1. The van der Waals surface area contributed by atoms with Gasteiger partial charge in [0, 0.05) is 23.9 Å². The van der Waals surface area contributed by atoms with Crippen molar-refractivity contribution in [3.8, 4) is 11.4 Å². The van der Waals surface area contributed by atoms with Crippen molar-refractivity contribution >= 4 is 35.0 Å². The molecule has 134 valence electrons. The second kappa shape index (κ2) is 7.88. The van der Waals surface area contributed by atoms with Crippen molar-refractivity contribution in [2.75, 3.05) is 11.1 Å². The number of hydrogen-bond acceptors (Lipinski definition) is 4. The van der Waals surface area contributed by atoms with Gasteiger partial charge in [-0.2, -0.15) is 0 Å². The van der Waals surface area contributed by atoms with Gasteiger partial charge in [-0.05, 0) is 31.2 Å². The topological polar surface area (TPSA) is 59.8 Å². The number of halogens is 2. The van der Waals surface area contributed by atoms with Gasteiger partial charge in [0.15, 0.2) is 11.0 Å². The van der Waals surface area contributed by atoms with Crippen LogP contribution in [0.2, 0.25) is 5.02 Å². The molecule has 0 atom stereocenters. The van der Waals surface area contributed by atoms with E-state index in [0.29, 0.717) is 27.3 Å². The highest BCUT2D eigenvalue weighted by Crippen LogP contribution is 2.28. The highest BCUT2D eigenvalue weighted by Gasteiger charge is 2.15. The minimum atomic E-state index is -0.354. The van der Waals surface area contributed by atoms with Gasteiger partial charge in [0.25, 0.3) is 0 Å². The van der Waals surface area contributed by atoms with E-state index in [9.17, 15) is 9.18 Å². The molecule has 8 heteroatoms. The van der Waals surface area contributed by atoms with Gasteiger partial charge >= 0.3 is 0 Å². The van der Waals surface area contributed by atoms with Crippen LogP contribution < -0.4 is 5.32 Å². The van der Waals surface area contributed by atoms with Crippen LogP contribution in [0.5, 0.6) is 0 Å². The Morgan fingerprint density at radius 2 is 2.00 bits per heavy atom. The summed E-state index contributed by atoms with van der Waals surface area (Å²) in [6.07, 6.45) is 0. The van der Waals surface area contributed by atoms with E-state index in [1.54, 1.807) is 29.7 Å². The quantitative estimate of drug-likeness (QED) is 0.659. The first kappa shape index (κ1) is 18.4. The van der Waals surface area contributed by atoms with E-state index in [0.717, 1.165) is 5.56 Å². The first-order valence-corrected chi connectivity index (χ1v) is 9.16. The molecule has 0 spiro atoms. The molecule has 3 rings (SSSR count). The van der Waals surface area contributed by atoms with Crippen LogP contribution in [0.3, 0.4) is 0 Å². The summed E-state index contributed by atoms with van der Waals surface area (Å²) in [5.74, 6) is 0.156. The Hall–Kier alpha value is -2.38. The second-order valence-corrected chi connectivity index (χ2v) is 6.94. The molecule has 1 heterocycles. The molecule has 0 saturated heterocycles. The number of rotatable bonds is 5. The van der Waals surface area contributed by atoms with Gasteiger partial charge in [0.2, 0.25) is 5.91 Å². The normalized spacial score (nSPS) is 10.8. The van der Waals surface area contributed by atoms with Crippen molar-refractivity contribution in [1.82, 2.24) is 14.8 Å². The Kier molecular flexibility index (Phi) is 5.58. The minimum Gasteiger partial charge on any atom is -0.325 e. The third-order valence-corrected chi connectivity index (χ3v) is 5.17. The molecule has 26 heavy (non-hydrogen) atoms. The Labute approximate surface area is 159 Å². The summed E-state index contributed by atoms with van der Waals surface area (Å²) in [6, 6.07) is 11.9. The SMILES string of the molecule is Cc1c(F)cccc1NC(=O)CSc1nnc(-c2ccccc2Cl)n1C. The van der Waals surface area contributed by atoms with Crippen LogP contribution in [0.1, 0.15) is 5.56 Å². The van der Waals surface area contributed by atoms with Crippen molar-refractivity contribution in [1.29, 1.82) is 0 Å². The summed E-state index contributed by atoms with van der Waals surface area (Å²) in [5.41, 5.74) is 1.65. The van der Waals surface area contributed by atoms with Crippen molar-refractivity contribution < 1.29 is 9.18 Å². The molecule has 0 unspecified atom stereocenters. The molecular formula is C18H16ClFN4OS. The van der Waals surface area contributed by atoms with Gasteiger partial charge in [-0.1, -0.05) is 41.6 Å². The lowest BCUT2D eigenvalue weighted by Gasteiger charge is -2.09. The number of aromatic nitrogens is 3. The van der Waals surface area contributed by atoms with Crippen molar-refractivity contribution in [2.45, 2.75) is 12.1 Å². The fraction of sp³-hybridized carbons (Fsp3) is 0.167. The van der Waals surface area contributed by atoms with E-state index in [-0.39, 0.29) is 17.5 Å². The predicted octanol–water partition coefficient (Wildman–Crippen LogP) is 4.31. The van der Waals surface area contributed by atoms with Gasteiger partial charge in [0.05, 0.1) is 10.8 Å². The molecule has 3 aromatic rings. The molecule has 0 aliphatic rings. The van der Waals surface area contributed by atoms with Crippen LogP contribution in [-0.2, 0) is 11.8 Å². The number of anilines is 1. The van der Waals surface area contributed by atoms with Crippen molar-refractivity contribution in [3.63, 3.8) is 0 Å². The molecule has 0 fully saturated rings. The van der Waals surface area contributed by atoms with E-state index in [2.05, 4.69) is 15.5 Å². The first-order valence-electron chi connectivity index (χ1n) is 7.79. The van der Waals surface area contributed by atoms with Gasteiger partial charge in [-0.25, -0.2) is 4.39 Å². The van der Waals surface area contributed by atoms with Gasteiger partial charge in [0.1, 0.15) is 5.82 Å². The number of nitrogens with zero attached hydrogens (tertiary/aromatic N) is 3. The largest absolute Gasteiger partial charge is 0.325 e. The molecule has 5 nitrogen and oxygen atoms in total. The van der Waals surface area contributed by atoms with Gasteiger partial charge in [-0.3, -0.25) is 4.79 Å². The molecule has 2 aromatic carbocycles. The van der Waals surface area contributed by atoms with Crippen LogP contribution in [0.25, 0.3) is 11.4 Å². The maximum atomic E-state index is 13.5. The van der Waals surface area contributed by atoms with Gasteiger partial charge < -0.3 is 9.88 Å². The van der Waals surface area contributed by atoms with Crippen LogP contribution >= 0.6 is 23.4 Å². The standard InChI is InChI=1S/C18H16ClFN4OS/c1-11-14(20)8-5-9-15(11)21-16(25)10-26-18-23-22-17(24(18)2)12-6-3-4-7-13(12)19/h3-9H,10H2,1-2H3,(H,21,25). The molecule has 0 aliphatic carbocycles. The van der Waals surface area contributed by atoms with E-state index in [1.165, 1.54) is 17.8 Å². The van der Waals surface area contributed by atoms with E-state index < -0.39 is 0 Å². The maximum Gasteiger partial charge on any atom is 0.234 e. The van der Waals surface area contributed by atoms with E-state index >= 15 is 0 Å². The van der Waals surface area contributed by atoms with Crippen LogP contribution in [0.15, 0.2) is 47.6 Å². The third kappa shape index (κ3) is 3.89. The van der Waals surface area contributed by atoms with Gasteiger partial charge in [-0.15, -0.1) is 10.2 Å². The molecule has 0 bridgehead atoms. The second-order valence-electron chi connectivity index (χ2n) is 5.59. The summed E-state index contributed by atoms with van der Waals surface area (Å²) in [6.45, 7) is 1.62. The van der Waals surface area contributed by atoms with Crippen LogP contribution in [0.4, 0.5) is 10.1 Å². The van der Waals surface area contributed by atoms with Crippen molar-refractivity contribution in [3.05, 3.63) is 58.9 Å². The van der Waals surface area contributed by atoms with E-state index in [4.69, 9.17) is 11.6 Å². The summed E-state index contributed by atoms with van der Waals surface area (Å²) in [7, 11) is 1.82. The summed E-state index contributed by atoms with van der Waals surface area (Å²) in [5, 5.41) is 12.2. The number of amides is 1. The van der Waals surface area contributed by atoms with Crippen molar-refractivity contribution in [2.24, 2.45) is 7.05 Å². The minimum absolute atomic E-state index is 0.129. The van der Waals surface area contributed by atoms with Crippen LogP contribution in [-0.4, -0.2) is 26.4 Å². The Bertz CT molecular complexity index is 960. The smallest absolute Gasteiger partial charge is 0.234 e. The third-order valence-electron chi connectivity index (χ3n) is 3.82. The average Bonchev–Trinajstić information content (AvgIpc) is 2.98. The number of benzene rings is 2. The monoisotopic (exact) mass is 390 g/mol. The summed E-state index contributed by atoms with van der Waals surface area (Å²) < 4.78 is 15.3. The maximum absolute atomic E-state index is 13.5. The fourth-order valence-corrected chi connectivity index (χ4v) is 3.31. The lowest BCUT2D eigenvalue weighted by Crippen LogP contribution is -2.15. The molecule has 0 radical (unpaired) electrons. The lowest BCUT2D eigenvalue weighted by molar-refractivity contribution is -0.113. The molecule has 1 aromatic heterocycles. The molecular weight excluding hydrogens is 375 g/mol. The average molecular weight is 391 g/mol. The molecule has 1 N–H and O–H groups in total. The first-order chi connectivity index (χ1) is 12.5. The number of carbonyl (C=O) groups is 1. The van der Waals surface area contributed by atoms with E-state index in [1.807, 2.05) is 25.2 Å². The molecule has 0 saturated carbocycles. The number of carbonyl (C=O) groups excluding carboxylic acids is 1. The summed E-state index contributed by atoms with van der Waals surface area (Å²) in [4.78, 5) is 12.2. The van der Waals surface area contributed by atoms with Crippen LogP contribution in [0, 0.1) is 12.7 Å². The lowest BCUT2D eigenvalue weighted by atomic mass is 10.2. The fourth-order valence-electron chi connectivity index (χ4n) is 2.38. The summed E-state index contributed by atoms with van der Waals surface area (Å²) >= 11 is 7.45. The Balaban J connectivity index is 1.68. The molecule has 1 amide bonds. The molecule has 0 aliphatic heterocycles. The zero-order valence-electron chi connectivity index (χ0n) is 14.2. The highest BCUT2D eigenvalue weighted by atomic mass is 35.5. The Morgan fingerprint density at radius 3 is 2.77 bits per heavy atom.